The van der Waals surface area contributed by atoms with Crippen molar-refractivity contribution in [3.8, 4) is 5.69 Å². The Kier molecular flexibility index (Phi) is 4.90. The maximum atomic E-state index is 11.7. The highest BCUT2D eigenvalue weighted by Gasteiger charge is 2.11. The van der Waals surface area contributed by atoms with Crippen LogP contribution in [0.4, 0.5) is 0 Å². The van der Waals surface area contributed by atoms with E-state index in [1.54, 1.807) is 10.9 Å². The first-order valence-corrected chi connectivity index (χ1v) is 6.83. The lowest BCUT2D eigenvalue weighted by atomic mass is 10.1. The summed E-state index contributed by atoms with van der Waals surface area (Å²) in [7, 11) is 0. The summed E-state index contributed by atoms with van der Waals surface area (Å²) in [4.78, 5) is 11.7. The molecule has 1 aromatic carbocycles. The summed E-state index contributed by atoms with van der Waals surface area (Å²) < 4.78 is 1.79. The normalized spacial score (nSPS) is 12.1. The van der Waals surface area contributed by atoms with Crippen LogP contribution in [0, 0.1) is 0 Å². The molecule has 0 aliphatic rings. The highest BCUT2D eigenvalue weighted by atomic mass is 16.2. The molecule has 1 amide bonds. The molecule has 0 saturated carbocycles. The molecule has 2 aromatic rings. The smallest absolute Gasteiger partial charge is 0.237 e. The van der Waals surface area contributed by atoms with Crippen molar-refractivity contribution in [2.75, 3.05) is 0 Å². The van der Waals surface area contributed by atoms with Crippen LogP contribution in [0.5, 0.6) is 0 Å². The number of aromatic nitrogens is 2. The summed E-state index contributed by atoms with van der Waals surface area (Å²) in [6.07, 6.45) is 5.25. The lowest BCUT2D eigenvalue weighted by Crippen LogP contribution is -2.40. The minimum Gasteiger partial charge on any atom is -0.351 e. The van der Waals surface area contributed by atoms with Crippen LogP contribution in [0.25, 0.3) is 5.69 Å². The fraction of sp³-hybridized carbons (Fsp3) is 0.333. The molecule has 0 fully saturated rings. The maximum absolute atomic E-state index is 11.7. The predicted molar refractivity (Wildman–Crippen MR) is 78.3 cm³/mol. The summed E-state index contributed by atoms with van der Waals surface area (Å²) in [5.41, 5.74) is 7.79. The molecule has 1 unspecified atom stereocenters. The fourth-order valence-electron chi connectivity index (χ4n) is 1.95. The number of hydrogen-bond acceptors (Lipinski definition) is 3. The number of carbonyl (C=O) groups is 1. The molecule has 1 aromatic heterocycles. The Hall–Kier alpha value is -2.14. The number of carbonyl (C=O) groups excluding carboxylic acids is 1. The van der Waals surface area contributed by atoms with E-state index in [-0.39, 0.29) is 5.91 Å². The molecular formula is C15H20N4O. The lowest BCUT2D eigenvalue weighted by molar-refractivity contribution is -0.122. The van der Waals surface area contributed by atoms with Gasteiger partial charge in [0.25, 0.3) is 0 Å². The van der Waals surface area contributed by atoms with Gasteiger partial charge < -0.3 is 11.1 Å². The third-order valence-electron chi connectivity index (χ3n) is 3.11. The number of amides is 1. The molecule has 20 heavy (non-hydrogen) atoms. The molecule has 3 N–H and O–H groups in total. The molecule has 106 valence electrons. The van der Waals surface area contributed by atoms with Crippen molar-refractivity contribution < 1.29 is 4.79 Å². The third kappa shape index (κ3) is 3.68. The van der Waals surface area contributed by atoms with E-state index in [9.17, 15) is 4.79 Å². The first kappa shape index (κ1) is 14.3. The second kappa shape index (κ2) is 6.86. The van der Waals surface area contributed by atoms with Crippen LogP contribution in [0.15, 0.2) is 42.7 Å². The van der Waals surface area contributed by atoms with Gasteiger partial charge in [-0.05, 0) is 30.2 Å². The Morgan fingerprint density at radius 1 is 1.40 bits per heavy atom. The van der Waals surface area contributed by atoms with Crippen LogP contribution in [0.2, 0.25) is 0 Å². The van der Waals surface area contributed by atoms with Gasteiger partial charge in [0, 0.05) is 18.9 Å². The Labute approximate surface area is 118 Å². The summed E-state index contributed by atoms with van der Waals surface area (Å²) in [6.45, 7) is 2.51. The molecule has 0 saturated heterocycles. The van der Waals surface area contributed by atoms with Gasteiger partial charge in [0.2, 0.25) is 5.91 Å². The van der Waals surface area contributed by atoms with E-state index in [2.05, 4.69) is 10.4 Å². The van der Waals surface area contributed by atoms with E-state index in [0.717, 1.165) is 17.7 Å². The van der Waals surface area contributed by atoms with Crippen LogP contribution in [0.1, 0.15) is 25.3 Å². The maximum Gasteiger partial charge on any atom is 0.237 e. The van der Waals surface area contributed by atoms with E-state index in [1.165, 1.54) is 0 Å². The van der Waals surface area contributed by atoms with Gasteiger partial charge in [-0.2, -0.15) is 5.10 Å². The summed E-state index contributed by atoms with van der Waals surface area (Å²) in [5.74, 6) is -0.0944. The highest BCUT2D eigenvalue weighted by Crippen LogP contribution is 2.08. The lowest BCUT2D eigenvalue weighted by Gasteiger charge is -2.11. The molecule has 1 atom stereocenters. The molecule has 1 heterocycles. The Morgan fingerprint density at radius 3 is 2.75 bits per heavy atom. The number of nitrogens with two attached hydrogens (primary N) is 1. The van der Waals surface area contributed by atoms with Crippen molar-refractivity contribution in [2.24, 2.45) is 5.73 Å². The van der Waals surface area contributed by atoms with Crippen molar-refractivity contribution in [3.05, 3.63) is 48.3 Å². The Bertz CT molecular complexity index is 534. The van der Waals surface area contributed by atoms with Crippen molar-refractivity contribution in [1.82, 2.24) is 15.1 Å². The van der Waals surface area contributed by atoms with Crippen LogP contribution in [-0.4, -0.2) is 21.7 Å². The quantitative estimate of drug-likeness (QED) is 0.839. The van der Waals surface area contributed by atoms with Crippen LogP contribution < -0.4 is 11.1 Å². The topological polar surface area (TPSA) is 72.9 Å². The van der Waals surface area contributed by atoms with Gasteiger partial charge in [-0.3, -0.25) is 4.79 Å². The molecule has 5 heteroatoms. The average Bonchev–Trinajstić information content (AvgIpc) is 2.99. The van der Waals surface area contributed by atoms with Gasteiger partial charge in [-0.25, -0.2) is 4.68 Å². The minimum atomic E-state index is -0.414. The number of nitrogens with one attached hydrogen (secondary N) is 1. The van der Waals surface area contributed by atoms with Crippen molar-refractivity contribution in [3.63, 3.8) is 0 Å². The van der Waals surface area contributed by atoms with E-state index in [4.69, 9.17) is 5.73 Å². The molecule has 5 nitrogen and oxygen atoms in total. The van der Waals surface area contributed by atoms with E-state index in [0.29, 0.717) is 13.0 Å². The molecular weight excluding hydrogens is 252 g/mol. The van der Waals surface area contributed by atoms with E-state index in [1.807, 2.05) is 43.5 Å². The molecule has 2 rings (SSSR count). The number of hydrogen-bond donors (Lipinski definition) is 2. The van der Waals surface area contributed by atoms with E-state index >= 15 is 0 Å². The summed E-state index contributed by atoms with van der Waals surface area (Å²) >= 11 is 0. The zero-order chi connectivity index (χ0) is 14.4. The second-order valence-electron chi connectivity index (χ2n) is 4.73. The van der Waals surface area contributed by atoms with Crippen LogP contribution in [0.3, 0.4) is 0 Å². The van der Waals surface area contributed by atoms with Gasteiger partial charge in [-0.1, -0.05) is 25.5 Å². The number of nitrogens with zero attached hydrogens (tertiary/aromatic N) is 2. The largest absolute Gasteiger partial charge is 0.351 e. The van der Waals surface area contributed by atoms with Gasteiger partial charge in [-0.15, -0.1) is 0 Å². The van der Waals surface area contributed by atoms with Crippen LogP contribution >= 0.6 is 0 Å². The zero-order valence-electron chi connectivity index (χ0n) is 11.6. The fourth-order valence-corrected chi connectivity index (χ4v) is 1.95. The minimum absolute atomic E-state index is 0.0944. The molecule has 0 radical (unpaired) electrons. The second-order valence-corrected chi connectivity index (χ2v) is 4.73. The molecule has 0 spiro atoms. The zero-order valence-corrected chi connectivity index (χ0v) is 11.6. The standard InChI is InChI=1S/C15H20N4O/c1-2-4-14(16)15(20)17-11-12-5-7-13(8-6-12)19-10-3-9-18-19/h3,5-10,14H,2,4,11,16H2,1H3,(H,17,20). The van der Waals surface area contributed by atoms with Crippen LogP contribution in [-0.2, 0) is 11.3 Å². The Balaban J connectivity index is 1.90. The van der Waals surface area contributed by atoms with Gasteiger partial charge >= 0.3 is 0 Å². The first-order valence-electron chi connectivity index (χ1n) is 6.83. The molecule has 0 aliphatic carbocycles. The van der Waals surface area contributed by atoms with E-state index < -0.39 is 6.04 Å². The number of benzene rings is 1. The Morgan fingerprint density at radius 2 is 2.15 bits per heavy atom. The van der Waals surface area contributed by atoms with Crippen molar-refractivity contribution >= 4 is 5.91 Å². The summed E-state index contributed by atoms with van der Waals surface area (Å²) in [6, 6.07) is 9.36. The average molecular weight is 272 g/mol. The molecule has 0 aliphatic heterocycles. The monoisotopic (exact) mass is 272 g/mol. The van der Waals surface area contributed by atoms with Gasteiger partial charge in [0.15, 0.2) is 0 Å². The van der Waals surface area contributed by atoms with Gasteiger partial charge in [0.1, 0.15) is 0 Å². The van der Waals surface area contributed by atoms with Gasteiger partial charge in [0.05, 0.1) is 11.7 Å². The molecule has 0 bridgehead atoms. The number of rotatable bonds is 6. The third-order valence-corrected chi connectivity index (χ3v) is 3.11. The van der Waals surface area contributed by atoms with Crippen molar-refractivity contribution in [2.45, 2.75) is 32.4 Å². The predicted octanol–water partition coefficient (Wildman–Crippen LogP) is 1.62. The summed E-state index contributed by atoms with van der Waals surface area (Å²) in [5, 5.41) is 7.02. The van der Waals surface area contributed by atoms with Crippen molar-refractivity contribution in [1.29, 1.82) is 0 Å². The SMILES string of the molecule is CCCC(N)C(=O)NCc1ccc(-n2cccn2)cc1. The first-order chi connectivity index (χ1) is 9.70. The highest BCUT2D eigenvalue weighted by molar-refractivity contribution is 5.81.